The number of amides is 1. The number of alkyl halides is 3. The average molecular weight is 435 g/mol. The van der Waals surface area contributed by atoms with Crippen LogP contribution < -0.4 is 5.32 Å². The Kier molecular flexibility index (Phi) is 7.80. The van der Waals surface area contributed by atoms with E-state index in [1.165, 1.54) is 6.07 Å². The van der Waals surface area contributed by atoms with Crippen LogP contribution in [0.25, 0.3) is 0 Å². The summed E-state index contributed by atoms with van der Waals surface area (Å²) in [6, 6.07) is 4.99. The fourth-order valence-electron chi connectivity index (χ4n) is 3.75. The van der Waals surface area contributed by atoms with E-state index in [4.69, 9.17) is 0 Å². The predicted molar refractivity (Wildman–Crippen MR) is 114 cm³/mol. The topological polar surface area (TPSA) is 51.2 Å². The zero-order chi connectivity index (χ0) is 22.3. The summed E-state index contributed by atoms with van der Waals surface area (Å²) in [5.74, 6) is 6.52. The maximum atomic E-state index is 12.8. The number of benzene rings is 1. The van der Waals surface area contributed by atoms with Crippen LogP contribution >= 0.6 is 0 Å². The molecule has 1 aromatic carbocycles. The second-order valence-corrected chi connectivity index (χ2v) is 7.63. The molecule has 0 radical (unpaired) electrons. The first kappa shape index (κ1) is 22.9. The molecule has 3 rings (SSSR count). The Balaban J connectivity index is 1.44. The number of nitrogens with zero attached hydrogens (tertiary/aromatic N) is 4. The van der Waals surface area contributed by atoms with Crippen LogP contribution in [0.2, 0.25) is 0 Å². The highest BCUT2D eigenvalue weighted by atomic mass is 19.4. The minimum absolute atomic E-state index is 0.207. The Morgan fingerprint density at radius 1 is 1.10 bits per heavy atom. The second kappa shape index (κ2) is 10.5. The molecule has 0 saturated carbocycles. The lowest BCUT2D eigenvalue weighted by molar-refractivity contribution is -0.137. The molecule has 1 aromatic rings. The van der Waals surface area contributed by atoms with Crippen molar-refractivity contribution in [2.75, 3.05) is 59.4 Å². The lowest BCUT2D eigenvalue weighted by Gasteiger charge is -2.36. The highest BCUT2D eigenvalue weighted by Gasteiger charge is 2.30. The van der Waals surface area contributed by atoms with Crippen molar-refractivity contribution in [3.63, 3.8) is 0 Å². The summed E-state index contributed by atoms with van der Waals surface area (Å²) < 4.78 is 38.4. The number of hydrogen-bond donors (Lipinski definition) is 1. The van der Waals surface area contributed by atoms with Crippen LogP contribution in [-0.2, 0) is 11.0 Å². The highest BCUT2D eigenvalue weighted by Crippen LogP contribution is 2.29. The highest BCUT2D eigenvalue weighted by molar-refractivity contribution is 5.80. The first-order valence-corrected chi connectivity index (χ1v) is 10.5. The van der Waals surface area contributed by atoms with Gasteiger partial charge in [0.05, 0.1) is 18.7 Å². The van der Waals surface area contributed by atoms with Gasteiger partial charge in [0.25, 0.3) is 0 Å². The number of rotatable bonds is 3. The normalized spacial score (nSPS) is 18.0. The maximum Gasteiger partial charge on any atom is 0.416 e. The van der Waals surface area contributed by atoms with Gasteiger partial charge < -0.3 is 15.1 Å². The quantitative estimate of drug-likeness (QED) is 0.448. The van der Waals surface area contributed by atoms with Crippen molar-refractivity contribution in [1.82, 2.24) is 20.0 Å². The van der Waals surface area contributed by atoms with Crippen molar-refractivity contribution in [2.24, 2.45) is 4.99 Å². The smallest absolute Gasteiger partial charge is 0.345 e. The third-order valence-corrected chi connectivity index (χ3v) is 5.46. The summed E-state index contributed by atoms with van der Waals surface area (Å²) in [6.45, 7) is 5.51. The molecule has 2 saturated heterocycles. The number of nitrogens with one attached hydrogen (secondary N) is 1. The van der Waals surface area contributed by atoms with E-state index in [2.05, 4.69) is 31.9 Å². The molecular formula is C22H28F3N5O. The zero-order valence-corrected chi connectivity index (χ0v) is 17.7. The first-order chi connectivity index (χ1) is 14.9. The van der Waals surface area contributed by atoms with Crippen molar-refractivity contribution in [3.8, 4) is 11.8 Å². The van der Waals surface area contributed by atoms with Crippen molar-refractivity contribution in [1.29, 1.82) is 0 Å². The zero-order valence-electron chi connectivity index (χ0n) is 17.7. The molecule has 0 unspecified atom stereocenters. The van der Waals surface area contributed by atoms with Gasteiger partial charge in [0.15, 0.2) is 5.96 Å². The summed E-state index contributed by atoms with van der Waals surface area (Å²) in [5, 5.41) is 3.14. The lowest BCUT2D eigenvalue weighted by atomic mass is 10.1. The summed E-state index contributed by atoms with van der Waals surface area (Å²) in [5.41, 5.74) is -0.382. The van der Waals surface area contributed by atoms with Crippen LogP contribution in [0.1, 0.15) is 24.0 Å². The number of aliphatic imine (C=N–C) groups is 1. The van der Waals surface area contributed by atoms with Crippen LogP contribution in [0.4, 0.5) is 13.2 Å². The molecule has 168 valence electrons. The Labute approximate surface area is 181 Å². The van der Waals surface area contributed by atoms with Gasteiger partial charge in [-0.1, -0.05) is 17.9 Å². The molecular weight excluding hydrogens is 407 g/mol. The Bertz CT molecular complexity index is 845. The monoisotopic (exact) mass is 435 g/mol. The molecule has 0 aliphatic carbocycles. The van der Waals surface area contributed by atoms with E-state index in [1.807, 2.05) is 4.90 Å². The van der Waals surface area contributed by atoms with E-state index in [0.29, 0.717) is 18.1 Å². The predicted octanol–water partition coefficient (Wildman–Crippen LogP) is 1.87. The number of likely N-dealkylation sites (tertiary alicyclic amines) is 1. The van der Waals surface area contributed by atoms with Crippen LogP contribution in [-0.4, -0.2) is 86.0 Å². The number of carbonyl (C=O) groups is 1. The largest absolute Gasteiger partial charge is 0.416 e. The summed E-state index contributed by atoms with van der Waals surface area (Å²) >= 11 is 0. The van der Waals surface area contributed by atoms with Gasteiger partial charge in [0.2, 0.25) is 5.91 Å². The first-order valence-electron chi connectivity index (χ1n) is 10.5. The molecule has 6 nitrogen and oxygen atoms in total. The van der Waals surface area contributed by atoms with Crippen LogP contribution in [0.5, 0.6) is 0 Å². The number of halogens is 3. The van der Waals surface area contributed by atoms with Crippen molar-refractivity contribution >= 4 is 11.9 Å². The van der Waals surface area contributed by atoms with Crippen molar-refractivity contribution in [2.45, 2.75) is 19.0 Å². The second-order valence-electron chi connectivity index (χ2n) is 7.63. The van der Waals surface area contributed by atoms with Crippen molar-refractivity contribution in [3.05, 3.63) is 35.4 Å². The average Bonchev–Trinajstić information content (AvgIpc) is 3.29. The molecule has 2 aliphatic heterocycles. The molecule has 0 bridgehead atoms. The lowest BCUT2D eigenvalue weighted by Crippen LogP contribution is -2.54. The van der Waals surface area contributed by atoms with Crippen molar-refractivity contribution < 1.29 is 18.0 Å². The standard InChI is InChI=1S/C22H28F3N5O/c1-26-21(27-9-5-7-18-6-4-8-19(16-18)22(23,24)25)30-14-12-28(13-15-30)17-20(31)29-10-2-3-11-29/h4,6,8,16H,2-3,9-15,17H2,1H3,(H,26,27). The molecule has 1 amide bonds. The van der Waals surface area contributed by atoms with Crippen LogP contribution in [0.3, 0.4) is 0 Å². The van der Waals surface area contributed by atoms with E-state index < -0.39 is 11.7 Å². The molecule has 9 heteroatoms. The van der Waals surface area contributed by atoms with Gasteiger partial charge >= 0.3 is 6.18 Å². The Hall–Kier alpha value is -2.73. The van der Waals surface area contributed by atoms with Gasteiger partial charge in [0, 0.05) is 51.9 Å². The molecule has 31 heavy (non-hydrogen) atoms. The van der Waals surface area contributed by atoms with E-state index in [-0.39, 0.29) is 12.5 Å². The van der Waals surface area contributed by atoms with E-state index in [9.17, 15) is 18.0 Å². The molecule has 2 heterocycles. The number of carbonyl (C=O) groups excluding carboxylic acids is 1. The van der Waals surface area contributed by atoms with Gasteiger partial charge in [-0.15, -0.1) is 0 Å². The maximum absolute atomic E-state index is 12.8. The number of piperazine rings is 1. The molecule has 0 atom stereocenters. The fourth-order valence-corrected chi connectivity index (χ4v) is 3.75. The molecule has 0 spiro atoms. The molecule has 1 N–H and O–H groups in total. The third-order valence-electron chi connectivity index (χ3n) is 5.46. The van der Waals surface area contributed by atoms with Gasteiger partial charge in [-0.05, 0) is 31.0 Å². The molecule has 2 fully saturated rings. The molecule has 2 aliphatic rings. The summed E-state index contributed by atoms with van der Waals surface area (Å²) in [6.07, 6.45) is -2.18. The third kappa shape index (κ3) is 6.62. The summed E-state index contributed by atoms with van der Waals surface area (Å²) in [7, 11) is 1.69. The minimum Gasteiger partial charge on any atom is -0.345 e. The number of hydrogen-bond acceptors (Lipinski definition) is 3. The van der Waals surface area contributed by atoms with Gasteiger partial charge in [-0.3, -0.25) is 14.7 Å². The SMILES string of the molecule is CN=C(NCC#Cc1cccc(C(F)(F)F)c1)N1CCN(CC(=O)N2CCCC2)CC1. The van der Waals surface area contributed by atoms with E-state index >= 15 is 0 Å². The molecule has 0 aromatic heterocycles. The Morgan fingerprint density at radius 3 is 2.45 bits per heavy atom. The minimum atomic E-state index is -4.38. The van der Waals surface area contributed by atoms with Gasteiger partial charge in [-0.2, -0.15) is 13.2 Å². The van der Waals surface area contributed by atoms with E-state index in [1.54, 1.807) is 13.1 Å². The van der Waals surface area contributed by atoms with Crippen LogP contribution in [0, 0.1) is 11.8 Å². The van der Waals surface area contributed by atoms with E-state index in [0.717, 1.165) is 64.2 Å². The van der Waals surface area contributed by atoms with Gasteiger partial charge in [0.1, 0.15) is 0 Å². The van der Waals surface area contributed by atoms with Crippen LogP contribution in [0.15, 0.2) is 29.3 Å². The summed E-state index contributed by atoms with van der Waals surface area (Å²) in [4.78, 5) is 22.8. The Morgan fingerprint density at radius 2 is 1.81 bits per heavy atom. The number of guanidine groups is 1. The fraction of sp³-hybridized carbons (Fsp3) is 0.545. The van der Waals surface area contributed by atoms with Gasteiger partial charge in [-0.25, -0.2) is 0 Å².